The summed E-state index contributed by atoms with van der Waals surface area (Å²) in [6.07, 6.45) is 0. The number of nitrogens with one attached hydrogen (secondary N) is 2. The molecule has 0 saturated carbocycles. The van der Waals surface area contributed by atoms with Gasteiger partial charge < -0.3 is 15.4 Å². The number of halogens is 1. The van der Waals surface area contributed by atoms with Crippen LogP contribution in [0.5, 0.6) is 5.75 Å². The van der Waals surface area contributed by atoms with E-state index in [1.807, 2.05) is 20.8 Å². The van der Waals surface area contributed by atoms with Crippen molar-refractivity contribution in [3.8, 4) is 5.75 Å². The Labute approximate surface area is 161 Å². The zero-order chi connectivity index (χ0) is 18.6. The van der Waals surface area contributed by atoms with Crippen molar-refractivity contribution in [1.82, 2.24) is 5.32 Å². The zero-order valence-electron chi connectivity index (χ0n) is 14.6. The first kappa shape index (κ1) is 19.2. The van der Waals surface area contributed by atoms with E-state index >= 15 is 0 Å². The van der Waals surface area contributed by atoms with Crippen LogP contribution in [-0.4, -0.2) is 24.5 Å². The Kier molecular flexibility index (Phi) is 6.05. The van der Waals surface area contributed by atoms with Crippen molar-refractivity contribution < 1.29 is 14.3 Å². The van der Waals surface area contributed by atoms with Crippen molar-refractivity contribution >= 4 is 40.1 Å². The third-order valence-corrected chi connectivity index (χ3v) is 4.15. The van der Waals surface area contributed by atoms with E-state index in [4.69, 9.17) is 4.74 Å². The molecule has 0 saturated heterocycles. The van der Waals surface area contributed by atoms with Crippen molar-refractivity contribution in [2.75, 3.05) is 12.4 Å². The summed E-state index contributed by atoms with van der Waals surface area (Å²) in [5, 5.41) is 5.72. The minimum absolute atomic E-state index is 0.143. The van der Waals surface area contributed by atoms with Crippen LogP contribution < -0.4 is 15.4 Å². The zero-order valence-corrected chi connectivity index (χ0v) is 16.8. The molecule has 2 N–H and O–H groups in total. The second kappa shape index (κ2) is 7.86. The van der Waals surface area contributed by atoms with Gasteiger partial charge in [0.05, 0.1) is 10.7 Å². The molecule has 0 aliphatic carbocycles. The van der Waals surface area contributed by atoms with Gasteiger partial charge in [0.25, 0.3) is 11.8 Å². The standard InChI is InChI=1S/C19H21IN2O3/c1-19(2,3)22-18(24)12-5-8-14(9-6-12)21-17(23)13-7-10-16(25-4)15(20)11-13/h5-11H,1-4H3,(H,21,23)(H,22,24). The molecule has 25 heavy (non-hydrogen) atoms. The van der Waals surface area contributed by atoms with Crippen LogP contribution in [0.25, 0.3) is 0 Å². The number of carbonyl (C=O) groups is 2. The Hall–Kier alpha value is -2.09. The molecule has 0 aliphatic heterocycles. The Bertz CT molecular complexity index is 780. The Morgan fingerprint density at radius 3 is 2.08 bits per heavy atom. The van der Waals surface area contributed by atoms with Gasteiger partial charge in [-0.1, -0.05) is 0 Å². The summed E-state index contributed by atoms with van der Waals surface area (Å²) in [5.74, 6) is 0.369. The molecule has 5 nitrogen and oxygen atoms in total. The maximum absolute atomic E-state index is 12.3. The van der Waals surface area contributed by atoms with Crippen molar-refractivity contribution in [3.05, 3.63) is 57.2 Å². The van der Waals surface area contributed by atoms with Gasteiger partial charge in [-0.15, -0.1) is 0 Å². The highest BCUT2D eigenvalue weighted by molar-refractivity contribution is 14.1. The highest BCUT2D eigenvalue weighted by Gasteiger charge is 2.15. The number of rotatable bonds is 4. The number of amides is 2. The van der Waals surface area contributed by atoms with Gasteiger partial charge in [-0.25, -0.2) is 0 Å². The molecular formula is C19H21IN2O3. The van der Waals surface area contributed by atoms with Crippen molar-refractivity contribution in [3.63, 3.8) is 0 Å². The number of hydrogen-bond acceptors (Lipinski definition) is 3. The first-order chi connectivity index (χ1) is 11.7. The Morgan fingerprint density at radius 2 is 1.56 bits per heavy atom. The molecule has 0 aliphatic rings. The number of benzene rings is 2. The Morgan fingerprint density at radius 1 is 0.960 bits per heavy atom. The lowest BCUT2D eigenvalue weighted by Gasteiger charge is -2.20. The fourth-order valence-electron chi connectivity index (χ4n) is 2.13. The largest absolute Gasteiger partial charge is 0.496 e. The smallest absolute Gasteiger partial charge is 0.255 e. The first-order valence-electron chi connectivity index (χ1n) is 7.77. The van der Waals surface area contributed by atoms with E-state index in [9.17, 15) is 9.59 Å². The quantitative estimate of drug-likeness (QED) is 0.688. The molecule has 132 valence electrons. The molecule has 2 amide bonds. The molecule has 0 aromatic heterocycles. The van der Waals surface area contributed by atoms with Crippen LogP contribution >= 0.6 is 22.6 Å². The SMILES string of the molecule is COc1ccc(C(=O)Nc2ccc(C(=O)NC(C)(C)C)cc2)cc1I. The molecule has 0 unspecified atom stereocenters. The molecule has 0 atom stereocenters. The summed E-state index contributed by atoms with van der Waals surface area (Å²) in [7, 11) is 1.59. The molecule has 0 fully saturated rings. The molecule has 0 bridgehead atoms. The summed E-state index contributed by atoms with van der Waals surface area (Å²) >= 11 is 2.12. The van der Waals surface area contributed by atoms with Crippen LogP contribution in [0.2, 0.25) is 0 Å². The minimum atomic E-state index is -0.296. The summed E-state index contributed by atoms with van der Waals surface area (Å²) < 4.78 is 6.05. The van der Waals surface area contributed by atoms with Gasteiger partial charge >= 0.3 is 0 Å². The minimum Gasteiger partial charge on any atom is -0.496 e. The van der Waals surface area contributed by atoms with Gasteiger partial charge in [0.1, 0.15) is 5.75 Å². The van der Waals surface area contributed by atoms with E-state index in [1.165, 1.54) is 0 Å². The summed E-state index contributed by atoms with van der Waals surface area (Å²) in [6, 6.07) is 12.0. The number of hydrogen-bond donors (Lipinski definition) is 2. The number of methoxy groups -OCH3 is 1. The lowest BCUT2D eigenvalue weighted by Crippen LogP contribution is -2.40. The number of anilines is 1. The van der Waals surface area contributed by atoms with Gasteiger partial charge in [0.2, 0.25) is 0 Å². The van der Waals surface area contributed by atoms with E-state index in [1.54, 1.807) is 49.6 Å². The normalized spacial score (nSPS) is 10.9. The third-order valence-electron chi connectivity index (χ3n) is 3.31. The van der Waals surface area contributed by atoms with Gasteiger partial charge in [-0.3, -0.25) is 9.59 Å². The van der Waals surface area contributed by atoms with E-state index in [0.717, 1.165) is 9.32 Å². The average molecular weight is 452 g/mol. The van der Waals surface area contributed by atoms with Crippen LogP contribution in [0.4, 0.5) is 5.69 Å². The predicted molar refractivity (Wildman–Crippen MR) is 107 cm³/mol. The molecule has 0 spiro atoms. The highest BCUT2D eigenvalue weighted by atomic mass is 127. The monoisotopic (exact) mass is 452 g/mol. The molecule has 2 aromatic carbocycles. The molecule has 2 aromatic rings. The van der Waals surface area contributed by atoms with Crippen LogP contribution in [-0.2, 0) is 0 Å². The van der Waals surface area contributed by atoms with E-state index in [-0.39, 0.29) is 17.4 Å². The van der Waals surface area contributed by atoms with E-state index < -0.39 is 0 Å². The molecule has 0 radical (unpaired) electrons. The van der Waals surface area contributed by atoms with Gasteiger partial charge in [0.15, 0.2) is 0 Å². The lowest BCUT2D eigenvalue weighted by atomic mass is 10.1. The second-order valence-electron chi connectivity index (χ2n) is 6.58. The summed E-state index contributed by atoms with van der Waals surface area (Å²) in [4.78, 5) is 24.4. The van der Waals surface area contributed by atoms with Crippen molar-refractivity contribution in [2.45, 2.75) is 26.3 Å². The lowest BCUT2D eigenvalue weighted by molar-refractivity contribution is 0.0919. The topological polar surface area (TPSA) is 67.4 Å². The third kappa shape index (κ3) is 5.45. The molecule has 6 heteroatoms. The van der Waals surface area contributed by atoms with Crippen LogP contribution in [0.1, 0.15) is 41.5 Å². The fraction of sp³-hybridized carbons (Fsp3) is 0.263. The van der Waals surface area contributed by atoms with Crippen molar-refractivity contribution in [1.29, 1.82) is 0 Å². The number of carbonyl (C=O) groups excluding carboxylic acids is 2. The maximum Gasteiger partial charge on any atom is 0.255 e. The van der Waals surface area contributed by atoms with Crippen LogP contribution in [0.3, 0.4) is 0 Å². The predicted octanol–water partition coefficient (Wildman–Crippen LogP) is 4.08. The molecule has 2 rings (SSSR count). The molecular weight excluding hydrogens is 431 g/mol. The average Bonchev–Trinajstić information content (AvgIpc) is 2.53. The Balaban J connectivity index is 2.07. The summed E-state index contributed by atoms with van der Waals surface area (Å²) in [6.45, 7) is 5.78. The second-order valence-corrected chi connectivity index (χ2v) is 7.75. The highest BCUT2D eigenvalue weighted by Crippen LogP contribution is 2.22. The summed E-state index contributed by atoms with van der Waals surface area (Å²) in [5.41, 5.74) is 1.42. The van der Waals surface area contributed by atoms with Crippen LogP contribution in [0, 0.1) is 3.57 Å². The maximum atomic E-state index is 12.3. The van der Waals surface area contributed by atoms with Gasteiger partial charge in [0, 0.05) is 22.4 Å². The van der Waals surface area contributed by atoms with E-state index in [0.29, 0.717) is 16.8 Å². The fourth-order valence-corrected chi connectivity index (χ4v) is 2.86. The van der Waals surface area contributed by atoms with Gasteiger partial charge in [-0.2, -0.15) is 0 Å². The van der Waals surface area contributed by atoms with E-state index in [2.05, 4.69) is 33.2 Å². The van der Waals surface area contributed by atoms with Crippen LogP contribution in [0.15, 0.2) is 42.5 Å². The number of ether oxygens (including phenoxy) is 1. The molecule has 0 heterocycles. The van der Waals surface area contributed by atoms with Crippen molar-refractivity contribution in [2.24, 2.45) is 0 Å². The first-order valence-corrected chi connectivity index (χ1v) is 8.85. The van der Waals surface area contributed by atoms with Gasteiger partial charge in [-0.05, 0) is 85.8 Å².